The Morgan fingerprint density at radius 1 is 1.19 bits per heavy atom. The van der Waals surface area contributed by atoms with Crippen LogP contribution < -0.4 is 5.32 Å². The number of aromatic nitrogens is 1. The normalized spacial score (nSPS) is 29.4. The number of methoxy groups -OCH3 is 1. The van der Waals surface area contributed by atoms with Gasteiger partial charge in [0.1, 0.15) is 0 Å². The Kier molecular flexibility index (Phi) is 5.18. The number of allylic oxidation sites excluding steroid dienone is 1. The second-order valence-corrected chi connectivity index (χ2v) is 10.1. The van der Waals surface area contributed by atoms with Gasteiger partial charge >= 0.3 is 0 Å². The van der Waals surface area contributed by atoms with Crippen LogP contribution in [0.4, 0.5) is 11.4 Å². The van der Waals surface area contributed by atoms with Crippen molar-refractivity contribution in [3.05, 3.63) is 64.5 Å². The van der Waals surface area contributed by atoms with Gasteiger partial charge in [0.15, 0.2) is 0 Å². The van der Waals surface area contributed by atoms with E-state index in [4.69, 9.17) is 4.74 Å². The van der Waals surface area contributed by atoms with Gasteiger partial charge in [-0.25, -0.2) is 0 Å². The Hall–Kier alpha value is -2.17. The predicted octanol–water partition coefficient (Wildman–Crippen LogP) is 5.61. The number of ether oxygens (including phenoxy) is 1. The van der Waals surface area contributed by atoms with Gasteiger partial charge in [0.25, 0.3) is 0 Å². The molecule has 3 aliphatic carbocycles. The standard InChI is InChI=1S/C27H34N2O2/c1-18-8-12-28-17-25(18)29-20-5-7-22-19(14-20)4-6-23-24-15-21(30)16-26(24,2)9-10-27(22,23)11-13-31-3/h5,7-8,12,14,17,21,29-30H,4,6,9-11,13,15-16H2,1-3H3/t21-,26+,27-/m1/s1. The summed E-state index contributed by atoms with van der Waals surface area (Å²) in [5, 5.41) is 14.1. The van der Waals surface area contributed by atoms with Crippen LogP contribution in [0.1, 0.15) is 62.1 Å². The van der Waals surface area contributed by atoms with Crippen LogP contribution in [0.3, 0.4) is 0 Å². The molecule has 1 saturated carbocycles. The number of nitrogens with one attached hydrogen (secondary N) is 1. The highest BCUT2D eigenvalue weighted by Gasteiger charge is 2.51. The van der Waals surface area contributed by atoms with Crippen LogP contribution in [0.5, 0.6) is 0 Å². The summed E-state index contributed by atoms with van der Waals surface area (Å²) in [5.41, 5.74) is 9.74. The second-order valence-electron chi connectivity index (χ2n) is 10.1. The Balaban J connectivity index is 1.56. The fourth-order valence-corrected chi connectivity index (χ4v) is 6.60. The lowest BCUT2D eigenvalue weighted by molar-refractivity contribution is 0.142. The molecule has 3 aliphatic rings. The number of benzene rings is 1. The predicted molar refractivity (Wildman–Crippen MR) is 125 cm³/mol. The SMILES string of the molecule is COCC[C@@]12CC[C@@]3(C)C[C@H](O)CC3=C1CCc1cc(Nc3cnccc3C)ccc12. The molecule has 0 amide bonds. The van der Waals surface area contributed by atoms with Crippen molar-refractivity contribution in [2.45, 2.75) is 70.3 Å². The molecule has 2 N–H and O–H groups in total. The third kappa shape index (κ3) is 3.41. The lowest BCUT2D eigenvalue weighted by atomic mass is 9.54. The molecule has 0 spiro atoms. The highest BCUT2D eigenvalue weighted by atomic mass is 16.5. The Bertz CT molecular complexity index is 1030. The minimum Gasteiger partial charge on any atom is -0.393 e. The maximum atomic E-state index is 10.5. The van der Waals surface area contributed by atoms with Crippen LogP contribution in [0.25, 0.3) is 0 Å². The zero-order valence-corrected chi connectivity index (χ0v) is 19.0. The largest absolute Gasteiger partial charge is 0.393 e. The highest BCUT2D eigenvalue weighted by Crippen LogP contribution is 2.61. The summed E-state index contributed by atoms with van der Waals surface area (Å²) in [4.78, 5) is 4.27. The molecular weight excluding hydrogens is 384 g/mol. The van der Waals surface area contributed by atoms with Gasteiger partial charge in [-0.3, -0.25) is 4.98 Å². The smallest absolute Gasteiger partial charge is 0.0600 e. The average molecular weight is 419 g/mol. The van der Waals surface area contributed by atoms with Gasteiger partial charge in [-0.15, -0.1) is 0 Å². The fourth-order valence-electron chi connectivity index (χ4n) is 6.60. The van der Waals surface area contributed by atoms with Crippen molar-refractivity contribution in [1.29, 1.82) is 0 Å². The van der Waals surface area contributed by atoms with Crippen molar-refractivity contribution < 1.29 is 9.84 Å². The van der Waals surface area contributed by atoms with Crippen molar-refractivity contribution in [2.24, 2.45) is 5.41 Å². The van der Waals surface area contributed by atoms with E-state index < -0.39 is 0 Å². The number of hydrogen-bond donors (Lipinski definition) is 2. The first-order valence-corrected chi connectivity index (χ1v) is 11.7. The van der Waals surface area contributed by atoms with E-state index in [9.17, 15) is 5.11 Å². The first-order chi connectivity index (χ1) is 14.9. The maximum absolute atomic E-state index is 10.5. The van der Waals surface area contributed by atoms with Crippen LogP contribution in [0.2, 0.25) is 0 Å². The summed E-state index contributed by atoms with van der Waals surface area (Å²) < 4.78 is 5.59. The molecule has 0 radical (unpaired) electrons. The van der Waals surface area contributed by atoms with Crippen LogP contribution in [0.15, 0.2) is 47.8 Å². The van der Waals surface area contributed by atoms with Crippen molar-refractivity contribution >= 4 is 11.4 Å². The van der Waals surface area contributed by atoms with Crippen molar-refractivity contribution in [2.75, 3.05) is 19.0 Å². The van der Waals surface area contributed by atoms with Crippen LogP contribution in [-0.2, 0) is 16.6 Å². The van der Waals surface area contributed by atoms with Gasteiger partial charge in [-0.1, -0.05) is 24.1 Å². The number of pyridine rings is 1. The fraction of sp³-hybridized carbons (Fsp3) is 0.519. The molecule has 0 bridgehead atoms. The summed E-state index contributed by atoms with van der Waals surface area (Å²) >= 11 is 0. The molecular formula is C27H34N2O2. The molecule has 1 heterocycles. The maximum Gasteiger partial charge on any atom is 0.0600 e. The number of aliphatic hydroxyl groups excluding tert-OH is 1. The van der Waals surface area contributed by atoms with E-state index in [0.29, 0.717) is 0 Å². The number of fused-ring (bicyclic) bond motifs is 4. The number of nitrogens with zero attached hydrogens (tertiary/aromatic N) is 1. The Morgan fingerprint density at radius 3 is 2.87 bits per heavy atom. The zero-order valence-electron chi connectivity index (χ0n) is 19.0. The van der Waals surface area contributed by atoms with Crippen molar-refractivity contribution in [3.63, 3.8) is 0 Å². The van der Waals surface area contributed by atoms with Gasteiger partial charge in [0.05, 0.1) is 18.0 Å². The van der Waals surface area contributed by atoms with Gasteiger partial charge in [0, 0.05) is 31.0 Å². The Labute approximate surface area is 185 Å². The van der Waals surface area contributed by atoms with E-state index in [1.54, 1.807) is 11.1 Å². The van der Waals surface area contributed by atoms with Crippen molar-refractivity contribution in [3.8, 4) is 0 Å². The molecule has 0 aliphatic heterocycles. The van der Waals surface area contributed by atoms with Gasteiger partial charge in [-0.2, -0.15) is 0 Å². The molecule has 3 atom stereocenters. The average Bonchev–Trinajstić information content (AvgIpc) is 3.07. The summed E-state index contributed by atoms with van der Waals surface area (Å²) in [7, 11) is 1.81. The summed E-state index contributed by atoms with van der Waals surface area (Å²) in [6.07, 6.45) is 10.8. The minimum absolute atomic E-state index is 0.0608. The molecule has 0 saturated heterocycles. The molecule has 5 rings (SSSR count). The molecule has 4 heteroatoms. The third-order valence-corrected chi connectivity index (χ3v) is 8.22. The third-order valence-electron chi connectivity index (χ3n) is 8.22. The van der Waals surface area contributed by atoms with E-state index in [1.165, 1.54) is 16.7 Å². The number of aliphatic hydroxyl groups is 1. The second kappa shape index (κ2) is 7.75. The van der Waals surface area contributed by atoms with Gasteiger partial charge in [-0.05, 0) is 92.2 Å². The summed E-state index contributed by atoms with van der Waals surface area (Å²) in [6, 6.07) is 8.96. The summed E-state index contributed by atoms with van der Waals surface area (Å²) in [5.74, 6) is 0. The molecule has 31 heavy (non-hydrogen) atoms. The molecule has 1 aromatic carbocycles. The monoisotopic (exact) mass is 418 g/mol. The first-order valence-electron chi connectivity index (χ1n) is 11.7. The quantitative estimate of drug-likeness (QED) is 0.620. The molecule has 0 unspecified atom stereocenters. The first kappa shape index (κ1) is 20.7. The molecule has 2 aromatic rings. The molecule has 1 aromatic heterocycles. The van der Waals surface area contributed by atoms with E-state index in [2.05, 4.69) is 42.3 Å². The Morgan fingerprint density at radius 2 is 2.06 bits per heavy atom. The number of anilines is 2. The molecule has 1 fully saturated rings. The number of rotatable bonds is 5. The summed E-state index contributed by atoms with van der Waals surface area (Å²) in [6.45, 7) is 5.25. The number of hydrogen-bond acceptors (Lipinski definition) is 4. The number of aryl methyl sites for hydroxylation is 2. The van der Waals surface area contributed by atoms with Crippen LogP contribution >= 0.6 is 0 Å². The lowest BCUT2D eigenvalue weighted by Crippen LogP contribution is -2.41. The van der Waals surface area contributed by atoms with E-state index >= 15 is 0 Å². The van der Waals surface area contributed by atoms with Gasteiger partial charge in [0.2, 0.25) is 0 Å². The topological polar surface area (TPSA) is 54.4 Å². The minimum atomic E-state index is -0.179. The van der Waals surface area contributed by atoms with Crippen LogP contribution in [0, 0.1) is 12.3 Å². The zero-order chi connectivity index (χ0) is 21.6. The van der Waals surface area contributed by atoms with Gasteiger partial charge < -0.3 is 15.2 Å². The van der Waals surface area contributed by atoms with E-state index in [0.717, 1.165) is 62.9 Å². The molecule has 4 nitrogen and oxygen atoms in total. The molecule has 164 valence electrons. The van der Waals surface area contributed by atoms with Crippen LogP contribution in [-0.4, -0.2) is 29.9 Å². The van der Waals surface area contributed by atoms with Crippen molar-refractivity contribution in [1.82, 2.24) is 4.98 Å². The van der Waals surface area contributed by atoms with E-state index in [-0.39, 0.29) is 16.9 Å². The highest BCUT2D eigenvalue weighted by molar-refractivity contribution is 5.65. The van der Waals surface area contributed by atoms with E-state index in [1.807, 2.05) is 25.6 Å². The lowest BCUT2D eigenvalue weighted by Gasteiger charge is -2.50.